The lowest BCUT2D eigenvalue weighted by Gasteiger charge is -2.13. The van der Waals surface area contributed by atoms with Crippen molar-refractivity contribution < 1.29 is 4.79 Å². The van der Waals surface area contributed by atoms with Gasteiger partial charge in [-0.15, -0.1) is 0 Å². The minimum absolute atomic E-state index is 0.0289. The van der Waals surface area contributed by atoms with Crippen LogP contribution >= 0.6 is 0 Å². The number of benzene rings is 1. The van der Waals surface area contributed by atoms with E-state index in [9.17, 15) is 9.59 Å². The molecule has 0 fully saturated rings. The second kappa shape index (κ2) is 7.25. The third-order valence-electron chi connectivity index (χ3n) is 4.07. The number of carbonyl (C=O) groups excluding carboxylic acids is 1. The predicted octanol–water partition coefficient (Wildman–Crippen LogP) is 3.86. The molecular weight excluding hydrogens is 276 g/mol. The summed E-state index contributed by atoms with van der Waals surface area (Å²) >= 11 is 0. The highest BCUT2D eigenvalue weighted by atomic mass is 16.2. The van der Waals surface area contributed by atoms with Crippen molar-refractivity contribution in [1.29, 1.82) is 0 Å². The van der Waals surface area contributed by atoms with Gasteiger partial charge in [-0.05, 0) is 37.0 Å². The van der Waals surface area contributed by atoms with Crippen molar-refractivity contribution in [3.8, 4) is 0 Å². The number of aryl methyl sites for hydroxylation is 1. The van der Waals surface area contributed by atoms with Gasteiger partial charge >= 0.3 is 0 Å². The fraction of sp³-hybridized carbons (Fsp3) is 0.444. The first-order chi connectivity index (χ1) is 10.6. The number of nitrogens with one attached hydrogen (secondary N) is 2. The molecule has 0 aliphatic rings. The second-order valence-electron chi connectivity index (χ2n) is 5.67. The molecular formula is C18H24N2O2. The molecule has 0 unspecified atom stereocenters. The van der Waals surface area contributed by atoms with Crippen LogP contribution in [0.3, 0.4) is 0 Å². The molecule has 1 amide bonds. The molecule has 0 aliphatic carbocycles. The van der Waals surface area contributed by atoms with Crippen molar-refractivity contribution in [2.45, 2.75) is 46.5 Å². The maximum atomic E-state index is 12.2. The van der Waals surface area contributed by atoms with Crippen molar-refractivity contribution in [2.75, 3.05) is 5.32 Å². The first kappa shape index (κ1) is 16.3. The zero-order valence-corrected chi connectivity index (χ0v) is 13.5. The highest BCUT2D eigenvalue weighted by Crippen LogP contribution is 2.21. The van der Waals surface area contributed by atoms with Crippen LogP contribution in [0.5, 0.6) is 0 Å². The number of fused-ring (bicyclic) bond motifs is 1. The molecule has 0 spiro atoms. The number of pyridine rings is 1. The lowest BCUT2D eigenvalue weighted by atomic mass is 10.0. The van der Waals surface area contributed by atoms with Gasteiger partial charge in [0.2, 0.25) is 11.5 Å². The fourth-order valence-electron chi connectivity index (χ4n) is 2.79. The van der Waals surface area contributed by atoms with Gasteiger partial charge in [-0.3, -0.25) is 9.59 Å². The largest absolute Gasteiger partial charge is 0.326 e. The fourth-order valence-corrected chi connectivity index (χ4v) is 2.79. The summed E-state index contributed by atoms with van der Waals surface area (Å²) in [6.07, 6.45) is 3.52. The number of anilines is 1. The SMILES string of the molecule is CCCc1cc(=O)[nH]c2cc(NC(=O)C(CC)CC)ccc12. The third kappa shape index (κ3) is 3.56. The summed E-state index contributed by atoms with van der Waals surface area (Å²) in [6, 6.07) is 7.38. The van der Waals surface area contributed by atoms with Crippen molar-refractivity contribution >= 4 is 22.5 Å². The van der Waals surface area contributed by atoms with Gasteiger partial charge in [-0.1, -0.05) is 33.3 Å². The maximum absolute atomic E-state index is 12.2. The van der Waals surface area contributed by atoms with E-state index in [4.69, 9.17) is 0 Å². The molecule has 0 bridgehead atoms. The van der Waals surface area contributed by atoms with E-state index in [2.05, 4.69) is 17.2 Å². The summed E-state index contributed by atoms with van der Waals surface area (Å²) in [6.45, 7) is 6.13. The Kier molecular flexibility index (Phi) is 5.36. The first-order valence-corrected chi connectivity index (χ1v) is 8.05. The van der Waals surface area contributed by atoms with E-state index in [0.717, 1.165) is 47.8 Å². The number of aromatic nitrogens is 1. The zero-order chi connectivity index (χ0) is 16.1. The summed E-state index contributed by atoms with van der Waals surface area (Å²) in [4.78, 5) is 26.8. The quantitative estimate of drug-likeness (QED) is 0.851. The van der Waals surface area contributed by atoms with Crippen molar-refractivity contribution in [2.24, 2.45) is 5.92 Å². The van der Waals surface area contributed by atoms with Crippen LogP contribution in [0.4, 0.5) is 5.69 Å². The summed E-state index contributed by atoms with van der Waals surface area (Å²) < 4.78 is 0. The Balaban J connectivity index is 2.34. The molecule has 2 rings (SSSR count). The molecule has 2 N–H and O–H groups in total. The van der Waals surface area contributed by atoms with E-state index in [1.807, 2.05) is 32.0 Å². The summed E-state index contributed by atoms with van der Waals surface area (Å²) in [5, 5.41) is 3.99. The van der Waals surface area contributed by atoms with Crippen LogP contribution in [-0.4, -0.2) is 10.9 Å². The Labute approximate surface area is 130 Å². The molecule has 22 heavy (non-hydrogen) atoms. The molecule has 0 aliphatic heterocycles. The second-order valence-corrected chi connectivity index (χ2v) is 5.67. The molecule has 1 aromatic heterocycles. The molecule has 0 saturated heterocycles. The Morgan fingerprint density at radius 3 is 2.55 bits per heavy atom. The molecule has 4 heteroatoms. The van der Waals surface area contributed by atoms with Crippen LogP contribution in [0.2, 0.25) is 0 Å². The average molecular weight is 300 g/mol. The standard InChI is InChI=1S/C18H24N2O2/c1-4-7-13-10-17(21)20-16-11-14(8-9-15(13)16)19-18(22)12(5-2)6-3/h8-12H,4-7H2,1-3H3,(H,19,22)(H,20,21). The van der Waals surface area contributed by atoms with Gasteiger partial charge in [0.15, 0.2) is 0 Å². The van der Waals surface area contributed by atoms with Crippen LogP contribution in [0, 0.1) is 5.92 Å². The molecule has 0 atom stereocenters. The first-order valence-electron chi connectivity index (χ1n) is 8.05. The van der Waals surface area contributed by atoms with Gasteiger partial charge in [0, 0.05) is 23.1 Å². The van der Waals surface area contributed by atoms with Crippen LogP contribution in [0.25, 0.3) is 10.9 Å². The minimum atomic E-state index is -0.0978. The molecule has 2 aromatic rings. The Hall–Kier alpha value is -2.10. The molecule has 0 radical (unpaired) electrons. The zero-order valence-electron chi connectivity index (χ0n) is 13.5. The third-order valence-corrected chi connectivity index (χ3v) is 4.07. The molecule has 0 saturated carbocycles. The number of hydrogen-bond donors (Lipinski definition) is 2. The number of H-pyrrole nitrogens is 1. The van der Waals surface area contributed by atoms with Crippen LogP contribution in [0.1, 0.15) is 45.6 Å². The van der Waals surface area contributed by atoms with E-state index in [0.29, 0.717) is 0 Å². The summed E-state index contributed by atoms with van der Waals surface area (Å²) in [7, 11) is 0. The van der Waals surface area contributed by atoms with Gasteiger partial charge in [-0.25, -0.2) is 0 Å². The number of aromatic amines is 1. The molecule has 4 nitrogen and oxygen atoms in total. The number of rotatable bonds is 6. The van der Waals surface area contributed by atoms with Crippen molar-refractivity contribution in [1.82, 2.24) is 4.98 Å². The Bertz CT molecular complexity index is 715. The topological polar surface area (TPSA) is 62.0 Å². The lowest BCUT2D eigenvalue weighted by Crippen LogP contribution is -2.21. The Morgan fingerprint density at radius 2 is 1.91 bits per heavy atom. The highest BCUT2D eigenvalue weighted by Gasteiger charge is 2.14. The van der Waals surface area contributed by atoms with E-state index in [1.54, 1.807) is 6.07 Å². The summed E-state index contributed by atoms with van der Waals surface area (Å²) in [5.41, 5.74) is 2.46. The van der Waals surface area contributed by atoms with Crippen LogP contribution in [-0.2, 0) is 11.2 Å². The van der Waals surface area contributed by atoms with Crippen LogP contribution < -0.4 is 10.9 Å². The number of hydrogen-bond acceptors (Lipinski definition) is 2. The highest BCUT2D eigenvalue weighted by molar-refractivity contribution is 5.95. The minimum Gasteiger partial charge on any atom is -0.326 e. The van der Waals surface area contributed by atoms with Gasteiger partial charge < -0.3 is 10.3 Å². The average Bonchev–Trinajstić information content (AvgIpc) is 2.48. The van der Waals surface area contributed by atoms with Gasteiger partial charge in [0.1, 0.15) is 0 Å². The monoisotopic (exact) mass is 300 g/mol. The van der Waals surface area contributed by atoms with Gasteiger partial charge in [0.05, 0.1) is 5.52 Å². The normalized spacial score (nSPS) is 11.1. The van der Waals surface area contributed by atoms with E-state index < -0.39 is 0 Å². The van der Waals surface area contributed by atoms with Crippen molar-refractivity contribution in [3.05, 3.63) is 40.2 Å². The number of amides is 1. The van der Waals surface area contributed by atoms with Crippen molar-refractivity contribution in [3.63, 3.8) is 0 Å². The van der Waals surface area contributed by atoms with Gasteiger partial charge in [0.25, 0.3) is 0 Å². The molecule has 1 aromatic carbocycles. The van der Waals surface area contributed by atoms with E-state index in [1.165, 1.54) is 0 Å². The molecule has 118 valence electrons. The smallest absolute Gasteiger partial charge is 0.248 e. The Morgan fingerprint density at radius 1 is 1.18 bits per heavy atom. The predicted molar refractivity (Wildman–Crippen MR) is 91.3 cm³/mol. The van der Waals surface area contributed by atoms with Crippen LogP contribution in [0.15, 0.2) is 29.1 Å². The van der Waals surface area contributed by atoms with E-state index in [-0.39, 0.29) is 17.4 Å². The molecule has 1 heterocycles. The van der Waals surface area contributed by atoms with Gasteiger partial charge in [-0.2, -0.15) is 0 Å². The maximum Gasteiger partial charge on any atom is 0.248 e. The number of carbonyl (C=O) groups is 1. The lowest BCUT2D eigenvalue weighted by molar-refractivity contribution is -0.120. The summed E-state index contributed by atoms with van der Waals surface area (Å²) in [5.74, 6) is 0.0672. The van der Waals surface area contributed by atoms with E-state index >= 15 is 0 Å².